The number of aryl methyl sites for hydroxylation is 1. The highest BCUT2D eigenvalue weighted by atomic mass is 19.4. The van der Waals surface area contributed by atoms with E-state index in [1.54, 1.807) is 10.8 Å². The van der Waals surface area contributed by atoms with Gasteiger partial charge in [-0.05, 0) is 26.0 Å². The summed E-state index contributed by atoms with van der Waals surface area (Å²) in [7, 11) is 0. The monoisotopic (exact) mass is 270 g/mol. The second-order valence-electron chi connectivity index (χ2n) is 4.02. The number of alkyl halides is 3. The number of ether oxygens (including phenoxy) is 1. The van der Waals surface area contributed by atoms with E-state index >= 15 is 0 Å². The molecule has 0 saturated carbocycles. The molecule has 1 aromatic heterocycles. The van der Waals surface area contributed by atoms with Crippen molar-refractivity contribution in [1.82, 2.24) is 9.55 Å². The van der Waals surface area contributed by atoms with Crippen LogP contribution in [-0.2, 0) is 12.7 Å². The lowest BCUT2D eigenvalue weighted by Crippen LogP contribution is -2.08. The fourth-order valence-corrected chi connectivity index (χ4v) is 1.79. The number of rotatable bonds is 3. The smallest absolute Gasteiger partial charge is 0.419 e. The number of halogens is 3. The van der Waals surface area contributed by atoms with Crippen LogP contribution in [0.5, 0.6) is 11.8 Å². The van der Waals surface area contributed by atoms with Gasteiger partial charge < -0.3 is 4.74 Å². The van der Waals surface area contributed by atoms with E-state index in [1.165, 1.54) is 18.2 Å². The maximum atomic E-state index is 12.8. The predicted octanol–water partition coefficient (Wildman–Crippen LogP) is 4.02. The van der Waals surface area contributed by atoms with E-state index in [-0.39, 0.29) is 11.8 Å². The molecule has 0 spiro atoms. The molecule has 19 heavy (non-hydrogen) atoms. The van der Waals surface area contributed by atoms with Crippen molar-refractivity contribution in [2.24, 2.45) is 0 Å². The second-order valence-corrected chi connectivity index (χ2v) is 4.02. The SMILES string of the molecule is CCn1c(C)cnc1Oc1ccccc1C(F)(F)F. The fourth-order valence-electron chi connectivity index (χ4n) is 1.79. The van der Waals surface area contributed by atoms with E-state index in [9.17, 15) is 13.2 Å². The Morgan fingerprint density at radius 2 is 1.95 bits per heavy atom. The van der Waals surface area contributed by atoms with Gasteiger partial charge in [-0.25, -0.2) is 4.98 Å². The number of aromatic nitrogens is 2. The molecule has 0 aliphatic rings. The summed E-state index contributed by atoms with van der Waals surface area (Å²) in [6.45, 7) is 4.27. The van der Waals surface area contributed by atoms with Gasteiger partial charge >= 0.3 is 12.2 Å². The van der Waals surface area contributed by atoms with E-state index in [2.05, 4.69) is 4.98 Å². The minimum atomic E-state index is -4.45. The van der Waals surface area contributed by atoms with Crippen molar-refractivity contribution in [3.63, 3.8) is 0 Å². The summed E-state index contributed by atoms with van der Waals surface area (Å²) in [5.74, 6) is -0.240. The lowest BCUT2D eigenvalue weighted by molar-refractivity contribution is -0.138. The van der Waals surface area contributed by atoms with Crippen molar-refractivity contribution in [3.05, 3.63) is 41.7 Å². The fraction of sp³-hybridized carbons (Fsp3) is 0.308. The van der Waals surface area contributed by atoms with Crippen LogP contribution in [-0.4, -0.2) is 9.55 Å². The highest BCUT2D eigenvalue weighted by molar-refractivity contribution is 5.37. The third-order valence-corrected chi connectivity index (χ3v) is 2.73. The summed E-state index contributed by atoms with van der Waals surface area (Å²) in [5, 5.41) is 0. The Morgan fingerprint density at radius 1 is 1.26 bits per heavy atom. The Kier molecular flexibility index (Phi) is 3.50. The van der Waals surface area contributed by atoms with Crippen molar-refractivity contribution in [2.45, 2.75) is 26.6 Å². The van der Waals surface area contributed by atoms with Crippen LogP contribution in [0.4, 0.5) is 13.2 Å². The van der Waals surface area contributed by atoms with Gasteiger partial charge in [0.1, 0.15) is 5.75 Å². The minimum absolute atomic E-state index is 0.164. The van der Waals surface area contributed by atoms with Gasteiger partial charge in [-0.1, -0.05) is 12.1 Å². The Labute approximate surface area is 108 Å². The zero-order chi connectivity index (χ0) is 14.0. The van der Waals surface area contributed by atoms with Crippen LogP contribution in [0, 0.1) is 6.92 Å². The molecule has 102 valence electrons. The third kappa shape index (κ3) is 2.72. The molecule has 0 N–H and O–H groups in total. The molecule has 0 aliphatic carbocycles. The van der Waals surface area contributed by atoms with Crippen LogP contribution in [0.3, 0.4) is 0 Å². The number of para-hydroxylation sites is 1. The maximum absolute atomic E-state index is 12.8. The van der Waals surface area contributed by atoms with Crippen molar-refractivity contribution < 1.29 is 17.9 Å². The molecule has 3 nitrogen and oxygen atoms in total. The van der Waals surface area contributed by atoms with E-state index < -0.39 is 11.7 Å². The van der Waals surface area contributed by atoms with Crippen LogP contribution in [0.25, 0.3) is 0 Å². The van der Waals surface area contributed by atoms with E-state index in [0.717, 1.165) is 11.8 Å². The van der Waals surface area contributed by atoms with E-state index in [1.807, 2.05) is 13.8 Å². The van der Waals surface area contributed by atoms with Crippen LogP contribution in [0.1, 0.15) is 18.2 Å². The van der Waals surface area contributed by atoms with Crippen molar-refractivity contribution in [1.29, 1.82) is 0 Å². The predicted molar refractivity (Wildman–Crippen MR) is 64.2 cm³/mol. The van der Waals surface area contributed by atoms with Crippen LogP contribution in [0.15, 0.2) is 30.5 Å². The van der Waals surface area contributed by atoms with Crippen LogP contribution >= 0.6 is 0 Å². The van der Waals surface area contributed by atoms with Gasteiger partial charge in [0.2, 0.25) is 0 Å². The molecule has 0 radical (unpaired) electrons. The lowest BCUT2D eigenvalue weighted by Gasteiger charge is -2.13. The van der Waals surface area contributed by atoms with Crippen molar-refractivity contribution in [3.8, 4) is 11.8 Å². The van der Waals surface area contributed by atoms with E-state index in [0.29, 0.717) is 6.54 Å². The van der Waals surface area contributed by atoms with E-state index in [4.69, 9.17) is 4.74 Å². The molecule has 0 unspecified atom stereocenters. The molecular formula is C13H13F3N2O. The first-order valence-electron chi connectivity index (χ1n) is 5.79. The largest absolute Gasteiger partial charge is 0.425 e. The molecular weight excluding hydrogens is 257 g/mol. The number of benzene rings is 1. The Morgan fingerprint density at radius 3 is 2.58 bits per heavy atom. The second kappa shape index (κ2) is 4.95. The van der Waals surface area contributed by atoms with Crippen LogP contribution < -0.4 is 4.74 Å². The topological polar surface area (TPSA) is 27.1 Å². The third-order valence-electron chi connectivity index (χ3n) is 2.73. The molecule has 0 fully saturated rings. The number of imidazole rings is 1. The van der Waals surface area contributed by atoms with Gasteiger partial charge in [0, 0.05) is 12.2 Å². The summed E-state index contributed by atoms with van der Waals surface area (Å²) in [4.78, 5) is 3.98. The number of nitrogens with zero attached hydrogens (tertiary/aromatic N) is 2. The quantitative estimate of drug-likeness (QED) is 0.842. The molecule has 0 atom stereocenters. The van der Waals surface area contributed by atoms with Gasteiger partial charge in [-0.3, -0.25) is 4.57 Å². The number of hydrogen-bond donors (Lipinski definition) is 0. The Bertz CT molecular complexity index is 576. The zero-order valence-corrected chi connectivity index (χ0v) is 10.5. The molecule has 0 saturated heterocycles. The molecule has 6 heteroatoms. The summed E-state index contributed by atoms with van der Waals surface area (Å²) >= 11 is 0. The zero-order valence-electron chi connectivity index (χ0n) is 10.5. The van der Waals surface area contributed by atoms with Gasteiger partial charge in [0.15, 0.2) is 0 Å². The molecule has 2 aromatic rings. The van der Waals surface area contributed by atoms with Gasteiger partial charge in [0.05, 0.1) is 11.8 Å². The van der Waals surface area contributed by atoms with Gasteiger partial charge in [-0.2, -0.15) is 13.2 Å². The maximum Gasteiger partial charge on any atom is 0.419 e. The van der Waals surface area contributed by atoms with Gasteiger partial charge in [0.25, 0.3) is 0 Å². The molecule has 1 heterocycles. The first-order chi connectivity index (χ1) is 8.93. The highest BCUT2D eigenvalue weighted by Crippen LogP contribution is 2.37. The molecule has 1 aromatic carbocycles. The summed E-state index contributed by atoms with van der Waals surface area (Å²) < 4.78 is 45.5. The molecule has 0 aliphatic heterocycles. The van der Waals surface area contributed by atoms with Crippen molar-refractivity contribution >= 4 is 0 Å². The summed E-state index contributed by atoms with van der Waals surface area (Å²) in [6, 6.07) is 5.26. The highest BCUT2D eigenvalue weighted by Gasteiger charge is 2.34. The van der Waals surface area contributed by atoms with Crippen molar-refractivity contribution in [2.75, 3.05) is 0 Å². The Hall–Kier alpha value is -1.98. The normalized spacial score (nSPS) is 11.6. The van der Waals surface area contributed by atoms with Gasteiger partial charge in [-0.15, -0.1) is 0 Å². The number of hydrogen-bond acceptors (Lipinski definition) is 2. The molecule has 0 amide bonds. The first kappa shape index (κ1) is 13.5. The molecule has 0 bridgehead atoms. The average molecular weight is 270 g/mol. The standard InChI is InChI=1S/C13H13F3N2O/c1-3-18-9(2)8-17-12(18)19-11-7-5-4-6-10(11)13(14,15)16/h4-8H,3H2,1-2H3. The Balaban J connectivity index is 2.39. The summed E-state index contributed by atoms with van der Waals surface area (Å²) in [6.07, 6.45) is -2.88. The minimum Gasteiger partial charge on any atom is -0.425 e. The first-order valence-corrected chi connectivity index (χ1v) is 5.79. The van der Waals surface area contributed by atoms with Crippen LogP contribution in [0.2, 0.25) is 0 Å². The lowest BCUT2D eigenvalue weighted by atomic mass is 10.2. The average Bonchev–Trinajstić information content (AvgIpc) is 2.69. The molecule has 2 rings (SSSR count). The summed E-state index contributed by atoms with van der Waals surface area (Å²) in [5.41, 5.74) is 0.0281.